The summed E-state index contributed by atoms with van der Waals surface area (Å²) >= 11 is 0. The van der Waals surface area contributed by atoms with Gasteiger partial charge in [-0.1, -0.05) is 30.3 Å². The molecule has 0 radical (unpaired) electrons. The Balaban J connectivity index is 1.35. The Morgan fingerprint density at radius 3 is 2.37 bits per heavy atom. The van der Waals surface area contributed by atoms with Gasteiger partial charge in [0.2, 0.25) is 0 Å². The highest BCUT2D eigenvalue weighted by Crippen LogP contribution is 2.42. The molecule has 5 atom stereocenters. The van der Waals surface area contributed by atoms with Crippen LogP contribution in [0.5, 0.6) is 0 Å². The molecule has 0 saturated carbocycles. The fraction of sp³-hybridized carbons (Fsp3) is 0.714. The van der Waals surface area contributed by atoms with E-state index in [1.54, 1.807) is 0 Å². The molecule has 3 aliphatic heterocycles. The Morgan fingerprint density at radius 1 is 0.926 bits per heavy atom. The zero-order chi connectivity index (χ0) is 19.1. The van der Waals surface area contributed by atoms with Gasteiger partial charge in [-0.2, -0.15) is 0 Å². The average molecular weight is 378 g/mol. The molecular weight excluding hydrogens is 348 g/mol. The molecule has 6 heteroatoms. The molecule has 3 aliphatic rings. The lowest BCUT2D eigenvalue weighted by Crippen LogP contribution is -2.40. The second-order valence-electron chi connectivity index (χ2n) is 8.36. The lowest BCUT2D eigenvalue weighted by molar-refractivity contribution is -0.247. The van der Waals surface area contributed by atoms with Gasteiger partial charge in [0.05, 0.1) is 13.2 Å². The van der Waals surface area contributed by atoms with Gasteiger partial charge in [0.15, 0.2) is 17.9 Å². The third kappa shape index (κ3) is 4.36. The number of rotatable bonds is 6. The lowest BCUT2D eigenvalue weighted by atomic mass is 10.1. The van der Waals surface area contributed by atoms with Gasteiger partial charge in [-0.3, -0.25) is 0 Å². The molecule has 0 unspecified atom stereocenters. The summed E-state index contributed by atoms with van der Waals surface area (Å²) in [5.41, 5.74) is 1.31. The van der Waals surface area contributed by atoms with E-state index < -0.39 is 17.9 Å². The molecule has 27 heavy (non-hydrogen) atoms. The van der Waals surface area contributed by atoms with Gasteiger partial charge < -0.3 is 28.4 Å². The van der Waals surface area contributed by atoms with Crippen LogP contribution in [0.1, 0.15) is 39.7 Å². The maximum atomic E-state index is 6.17. The van der Waals surface area contributed by atoms with E-state index >= 15 is 0 Å². The van der Waals surface area contributed by atoms with Crippen molar-refractivity contribution >= 4 is 0 Å². The maximum absolute atomic E-state index is 6.17. The topological polar surface area (TPSA) is 55.4 Å². The van der Waals surface area contributed by atoms with Gasteiger partial charge in [-0.25, -0.2) is 0 Å². The van der Waals surface area contributed by atoms with Crippen molar-refractivity contribution in [2.24, 2.45) is 0 Å². The number of ether oxygens (including phenoxy) is 6. The largest absolute Gasteiger partial charge is 0.350 e. The Hall–Kier alpha value is -1.02. The first-order valence-electron chi connectivity index (χ1n) is 9.81. The molecule has 150 valence electrons. The molecule has 4 rings (SSSR count). The summed E-state index contributed by atoms with van der Waals surface area (Å²) < 4.78 is 36.1. The Labute approximate surface area is 161 Å². The molecule has 6 nitrogen and oxygen atoms in total. The van der Waals surface area contributed by atoms with Crippen molar-refractivity contribution in [3.05, 3.63) is 35.9 Å². The van der Waals surface area contributed by atoms with Crippen LogP contribution in [-0.2, 0) is 34.8 Å². The van der Waals surface area contributed by atoms with E-state index in [2.05, 4.69) is 24.3 Å². The van der Waals surface area contributed by atoms with Gasteiger partial charge in [0.25, 0.3) is 0 Å². The van der Waals surface area contributed by atoms with E-state index in [0.717, 1.165) is 12.8 Å². The van der Waals surface area contributed by atoms with Crippen molar-refractivity contribution in [1.82, 2.24) is 0 Å². The standard InChI is InChI=1S/C21H30O6/c1-20(2)23-13-15(25-20)16-17-18(27-21(3,4)26-17)19(24-16)22-12-8-11-14-9-6-5-7-10-14/h5-7,9-10,15-19H,8,11-13H2,1-4H3/t15-,16-,17+,18+,19+/m1/s1. The highest BCUT2D eigenvalue weighted by Gasteiger charge is 2.59. The van der Waals surface area contributed by atoms with Crippen molar-refractivity contribution in [3.63, 3.8) is 0 Å². The van der Waals surface area contributed by atoms with Gasteiger partial charge in [-0.05, 0) is 46.1 Å². The SMILES string of the molecule is CC1(C)O[C@@H]2[C@H](O1)[C@@H](OCCCc1ccccc1)O[C@@H]2[C@H]1COC(C)(C)O1. The van der Waals surface area contributed by atoms with Crippen molar-refractivity contribution in [2.75, 3.05) is 13.2 Å². The summed E-state index contributed by atoms with van der Waals surface area (Å²) in [4.78, 5) is 0. The first kappa shape index (κ1) is 19.3. The van der Waals surface area contributed by atoms with Crippen LogP contribution in [0.15, 0.2) is 30.3 Å². The van der Waals surface area contributed by atoms with Crippen LogP contribution in [0.25, 0.3) is 0 Å². The van der Waals surface area contributed by atoms with Crippen LogP contribution in [0.4, 0.5) is 0 Å². The first-order valence-corrected chi connectivity index (χ1v) is 9.81. The van der Waals surface area contributed by atoms with E-state index in [9.17, 15) is 0 Å². The number of fused-ring (bicyclic) bond motifs is 1. The number of hydrogen-bond donors (Lipinski definition) is 0. The molecule has 3 saturated heterocycles. The monoisotopic (exact) mass is 378 g/mol. The van der Waals surface area contributed by atoms with Gasteiger partial charge >= 0.3 is 0 Å². The molecule has 3 fully saturated rings. The van der Waals surface area contributed by atoms with Crippen LogP contribution in [0.2, 0.25) is 0 Å². The van der Waals surface area contributed by atoms with Crippen LogP contribution >= 0.6 is 0 Å². The number of aryl methyl sites for hydroxylation is 1. The fourth-order valence-electron chi connectivity index (χ4n) is 4.02. The quantitative estimate of drug-likeness (QED) is 0.710. The summed E-state index contributed by atoms with van der Waals surface area (Å²) in [6, 6.07) is 10.4. The summed E-state index contributed by atoms with van der Waals surface area (Å²) in [6.45, 7) is 8.74. The molecular formula is C21H30O6. The highest BCUT2D eigenvalue weighted by molar-refractivity contribution is 5.14. The summed E-state index contributed by atoms with van der Waals surface area (Å²) in [6.07, 6.45) is 0.509. The van der Waals surface area contributed by atoms with Gasteiger partial charge in [0.1, 0.15) is 24.4 Å². The first-order chi connectivity index (χ1) is 12.8. The Bertz CT molecular complexity index is 631. The van der Waals surface area contributed by atoms with E-state index in [1.807, 2.05) is 33.8 Å². The van der Waals surface area contributed by atoms with Crippen LogP contribution in [0.3, 0.4) is 0 Å². The third-order valence-corrected chi connectivity index (χ3v) is 5.18. The molecule has 3 heterocycles. The van der Waals surface area contributed by atoms with Gasteiger partial charge in [0, 0.05) is 0 Å². The average Bonchev–Trinajstić information content (AvgIpc) is 3.23. The molecule has 0 amide bonds. The van der Waals surface area contributed by atoms with Crippen LogP contribution in [0, 0.1) is 0 Å². The predicted octanol–water partition coefficient (Wildman–Crippen LogP) is 3.03. The fourth-order valence-corrected chi connectivity index (χ4v) is 4.02. The second kappa shape index (κ2) is 7.43. The molecule has 0 bridgehead atoms. The van der Waals surface area contributed by atoms with Crippen LogP contribution < -0.4 is 0 Å². The lowest BCUT2D eigenvalue weighted by Gasteiger charge is -2.27. The molecule has 0 aliphatic carbocycles. The summed E-state index contributed by atoms with van der Waals surface area (Å²) in [5, 5.41) is 0. The van der Waals surface area contributed by atoms with Crippen LogP contribution in [-0.4, -0.2) is 55.5 Å². The maximum Gasteiger partial charge on any atom is 0.187 e. The van der Waals surface area contributed by atoms with E-state index in [1.165, 1.54) is 5.56 Å². The number of hydrogen-bond acceptors (Lipinski definition) is 6. The highest BCUT2D eigenvalue weighted by atomic mass is 16.8. The second-order valence-corrected chi connectivity index (χ2v) is 8.36. The molecule has 1 aromatic carbocycles. The molecule has 0 aromatic heterocycles. The van der Waals surface area contributed by atoms with Crippen molar-refractivity contribution < 1.29 is 28.4 Å². The number of benzene rings is 1. The summed E-state index contributed by atoms with van der Waals surface area (Å²) in [5.74, 6) is -1.26. The summed E-state index contributed by atoms with van der Waals surface area (Å²) in [7, 11) is 0. The van der Waals surface area contributed by atoms with E-state index in [4.69, 9.17) is 28.4 Å². The van der Waals surface area contributed by atoms with Gasteiger partial charge in [-0.15, -0.1) is 0 Å². The molecule has 0 N–H and O–H groups in total. The van der Waals surface area contributed by atoms with Crippen molar-refractivity contribution in [1.29, 1.82) is 0 Å². The molecule has 0 spiro atoms. The van der Waals surface area contributed by atoms with Crippen molar-refractivity contribution in [3.8, 4) is 0 Å². The molecule has 1 aromatic rings. The van der Waals surface area contributed by atoms with Crippen molar-refractivity contribution in [2.45, 2.75) is 82.8 Å². The minimum atomic E-state index is -0.655. The van der Waals surface area contributed by atoms with E-state index in [-0.39, 0.29) is 24.4 Å². The third-order valence-electron chi connectivity index (χ3n) is 5.18. The minimum Gasteiger partial charge on any atom is -0.350 e. The van der Waals surface area contributed by atoms with E-state index in [0.29, 0.717) is 13.2 Å². The Morgan fingerprint density at radius 2 is 1.67 bits per heavy atom. The Kier molecular flexibility index (Phi) is 5.31. The smallest absolute Gasteiger partial charge is 0.187 e. The zero-order valence-corrected chi connectivity index (χ0v) is 16.6. The minimum absolute atomic E-state index is 0.192. The zero-order valence-electron chi connectivity index (χ0n) is 16.6. The predicted molar refractivity (Wildman–Crippen MR) is 98.1 cm³/mol. The normalized spacial score (nSPS) is 36.8.